The normalized spacial score (nSPS) is 10.7. The van der Waals surface area contributed by atoms with E-state index in [0.29, 0.717) is 50.9 Å². The smallest absolute Gasteiger partial charge is 0.306 e. The van der Waals surface area contributed by atoms with Gasteiger partial charge in [-0.2, -0.15) is 0 Å². The van der Waals surface area contributed by atoms with Gasteiger partial charge < -0.3 is 23.4 Å². The van der Waals surface area contributed by atoms with Crippen molar-refractivity contribution in [2.45, 2.75) is 46.8 Å². The number of carbonyl (C=O) groups is 1. The third-order valence-corrected chi connectivity index (χ3v) is 5.86. The Labute approximate surface area is 223 Å². The lowest BCUT2D eigenvalue weighted by atomic mass is 10.1. The molecule has 0 spiro atoms. The van der Waals surface area contributed by atoms with E-state index < -0.39 is 0 Å². The SMILES string of the molecule is CCOC(=O)CCc1ccc(OCc2ccc(OCc3nc(-c4ccccc4)oc3C)cc2)cc1OCC. The molecule has 4 rings (SSSR count). The molecule has 0 fully saturated rings. The molecule has 1 aromatic heterocycles. The van der Waals surface area contributed by atoms with Crippen molar-refractivity contribution in [1.82, 2.24) is 4.98 Å². The maximum Gasteiger partial charge on any atom is 0.306 e. The highest BCUT2D eigenvalue weighted by molar-refractivity contribution is 5.69. The number of benzene rings is 3. The van der Waals surface area contributed by atoms with Crippen LogP contribution in [0.5, 0.6) is 17.2 Å². The van der Waals surface area contributed by atoms with E-state index in [1.165, 1.54) is 0 Å². The van der Waals surface area contributed by atoms with Crippen molar-refractivity contribution in [2.75, 3.05) is 13.2 Å². The molecule has 0 radical (unpaired) electrons. The molecule has 7 heteroatoms. The monoisotopic (exact) mass is 515 g/mol. The Morgan fingerprint density at radius 3 is 2.32 bits per heavy atom. The summed E-state index contributed by atoms with van der Waals surface area (Å²) in [5, 5.41) is 0. The van der Waals surface area contributed by atoms with Crippen molar-refractivity contribution < 1.29 is 28.2 Å². The van der Waals surface area contributed by atoms with Crippen LogP contribution in [0.4, 0.5) is 0 Å². The maximum absolute atomic E-state index is 11.7. The molecule has 0 aliphatic rings. The largest absolute Gasteiger partial charge is 0.493 e. The molecule has 7 nitrogen and oxygen atoms in total. The first-order valence-corrected chi connectivity index (χ1v) is 12.8. The van der Waals surface area contributed by atoms with Gasteiger partial charge in [-0.15, -0.1) is 0 Å². The van der Waals surface area contributed by atoms with Gasteiger partial charge >= 0.3 is 5.97 Å². The molecule has 0 amide bonds. The van der Waals surface area contributed by atoms with Crippen LogP contribution in [0.2, 0.25) is 0 Å². The van der Waals surface area contributed by atoms with E-state index in [9.17, 15) is 4.79 Å². The lowest BCUT2D eigenvalue weighted by molar-refractivity contribution is -0.143. The minimum Gasteiger partial charge on any atom is -0.493 e. The molecule has 0 bridgehead atoms. The van der Waals surface area contributed by atoms with Crippen LogP contribution in [-0.2, 0) is 29.2 Å². The van der Waals surface area contributed by atoms with E-state index in [1.807, 2.05) is 86.6 Å². The molecule has 0 unspecified atom stereocenters. The van der Waals surface area contributed by atoms with Gasteiger partial charge in [0.05, 0.1) is 13.2 Å². The van der Waals surface area contributed by atoms with Gasteiger partial charge in [0.2, 0.25) is 5.89 Å². The highest BCUT2D eigenvalue weighted by Crippen LogP contribution is 2.27. The lowest BCUT2D eigenvalue weighted by Crippen LogP contribution is -2.06. The highest BCUT2D eigenvalue weighted by atomic mass is 16.5. The molecule has 0 aliphatic heterocycles. The van der Waals surface area contributed by atoms with E-state index >= 15 is 0 Å². The van der Waals surface area contributed by atoms with Crippen molar-refractivity contribution in [3.05, 3.63) is 95.4 Å². The number of aryl methyl sites for hydroxylation is 2. The summed E-state index contributed by atoms with van der Waals surface area (Å²) in [6.45, 7) is 7.25. The lowest BCUT2D eigenvalue weighted by Gasteiger charge is -2.13. The average molecular weight is 516 g/mol. The Morgan fingerprint density at radius 1 is 0.842 bits per heavy atom. The number of nitrogens with zero attached hydrogens (tertiary/aromatic N) is 1. The number of hydrogen-bond donors (Lipinski definition) is 0. The Balaban J connectivity index is 1.30. The first kappa shape index (κ1) is 26.8. The van der Waals surface area contributed by atoms with Crippen LogP contribution < -0.4 is 14.2 Å². The number of oxazole rings is 1. The second kappa shape index (κ2) is 13.3. The van der Waals surface area contributed by atoms with Gasteiger partial charge in [-0.05, 0) is 68.7 Å². The number of ether oxygens (including phenoxy) is 4. The first-order chi connectivity index (χ1) is 18.6. The summed E-state index contributed by atoms with van der Waals surface area (Å²) in [5.41, 5.74) is 3.66. The van der Waals surface area contributed by atoms with Gasteiger partial charge in [0, 0.05) is 18.1 Å². The number of aromatic nitrogens is 1. The fourth-order valence-electron chi connectivity index (χ4n) is 3.86. The molecule has 38 heavy (non-hydrogen) atoms. The van der Waals surface area contributed by atoms with E-state index in [4.69, 9.17) is 23.4 Å². The Kier molecular flexibility index (Phi) is 9.40. The maximum atomic E-state index is 11.7. The molecule has 0 N–H and O–H groups in total. The van der Waals surface area contributed by atoms with Crippen LogP contribution in [0.1, 0.15) is 42.8 Å². The molecule has 3 aromatic carbocycles. The van der Waals surface area contributed by atoms with Gasteiger partial charge in [-0.1, -0.05) is 36.4 Å². The van der Waals surface area contributed by atoms with Crippen LogP contribution in [0.25, 0.3) is 11.5 Å². The fraction of sp³-hybridized carbons (Fsp3) is 0.290. The van der Waals surface area contributed by atoms with Crippen molar-refractivity contribution >= 4 is 5.97 Å². The van der Waals surface area contributed by atoms with Crippen molar-refractivity contribution in [3.63, 3.8) is 0 Å². The summed E-state index contributed by atoms with van der Waals surface area (Å²) >= 11 is 0. The van der Waals surface area contributed by atoms with Crippen LogP contribution in [0.3, 0.4) is 0 Å². The van der Waals surface area contributed by atoms with Crippen LogP contribution in [0, 0.1) is 6.92 Å². The Morgan fingerprint density at radius 2 is 1.58 bits per heavy atom. The minimum absolute atomic E-state index is 0.212. The predicted molar refractivity (Wildman–Crippen MR) is 144 cm³/mol. The third-order valence-electron chi connectivity index (χ3n) is 5.86. The first-order valence-electron chi connectivity index (χ1n) is 12.8. The number of rotatable bonds is 13. The molecular formula is C31H33NO6. The number of esters is 1. The summed E-state index contributed by atoms with van der Waals surface area (Å²) in [4.78, 5) is 16.3. The van der Waals surface area contributed by atoms with E-state index in [1.54, 1.807) is 6.92 Å². The van der Waals surface area contributed by atoms with Crippen molar-refractivity contribution in [3.8, 4) is 28.7 Å². The molecular weight excluding hydrogens is 482 g/mol. The zero-order valence-corrected chi connectivity index (χ0v) is 22.1. The molecule has 0 aliphatic carbocycles. The molecule has 1 heterocycles. The van der Waals surface area contributed by atoms with Gasteiger partial charge in [0.15, 0.2) is 0 Å². The van der Waals surface area contributed by atoms with Crippen LogP contribution >= 0.6 is 0 Å². The summed E-state index contributed by atoms with van der Waals surface area (Å²) in [6, 6.07) is 23.3. The Bertz CT molecular complexity index is 1310. The molecule has 4 aromatic rings. The predicted octanol–water partition coefficient (Wildman–Crippen LogP) is 6.70. The standard InChI is InChI=1S/C31H33NO6/c1-4-34-29-19-27(17-13-24(29)14-18-30(33)35-5-2)36-20-23-11-15-26(16-12-23)37-21-28-22(3)38-31(32-28)25-9-7-6-8-10-25/h6-13,15-17,19H,4-5,14,18,20-21H2,1-3H3. The fourth-order valence-corrected chi connectivity index (χ4v) is 3.86. The minimum atomic E-state index is -0.212. The van der Waals surface area contributed by atoms with E-state index in [2.05, 4.69) is 4.98 Å². The summed E-state index contributed by atoms with van der Waals surface area (Å²) in [6.07, 6.45) is 0.865. The molecule has 0 atom stereocenters. The van der Waals surface area contributed by atoms with Gasteiger partial charge in [0.25, 0.3) is 0 Å². The van der Waals surface area contributed by atoms with Gasteiger partial charge in [-0.25, -0.2) is 4.98 Å². The van der Waals surface area contributed by atoms with Crippen molar-refractivity contribution in [1.29, 1.82) is 0 Å². The van der Waals surface area contributed by atoms with Crippen LogP contribution in [-0.4, -0.2) is 24.2 Å². The second-order valence-electron chi connectivity index (χ2n) is 8.62. The van der Waals surface area contributed by atoms with Crippen molar-refractivity contribution in [2.24, 2.45) is 0 Å². The molecule has 198 valence electrons. The zero-order chi connectivity index (χ0) is 26.7. The van der Waals surface area contributed by atoms with Crippen LogP contribution in [0.15, 0.2) is 77.2 Å². The topological polar surface area (TPSA) is 80.0 Å². The summed E-state index contributed by atoms with van der Waals surface area (Å²) in [5.74, 6) is 3.28. The quantitative estimate of drug-likeness (QED) is 0.183. The summed E-state index contributed by atoms with van der Waals surface area (Å²) < 4.78 is 28.5. The highest BCUT2D eigenvalue weighted by Gasteiger charge is 2.12. The van der Waals surface area contributed by atoms with Gasteiger partial charge in [0.1, 0.15) is 41.9 Å². The summed E-state index contributed by atoms with van der Waals surface area (Å²) in [7, 11) is 0. The molecule has 0 saturated heterocycles. The third kappa shape index (κ3) is 7.38. The second-order valence-corrected chi connectivity index (χ2v) is 8.62. The van der Waals surface area contributed by atoms with Gasteiger partial charge in [-0.3, -0.25) is 4.79 Å². The average Bonchev–Trinajstić information content (AvgIpc) is 3.32. The van der Waals surface area contributed by atoms with E-state index in [-0.39, 0.29) is 5.97 Å². The molecule has 0 saturated carbocycles. The zero-order valence-electron chi connectivity index (χ0n) is 22.1. The number of carbonyl (C=O) groups excluding carboxylic acids is 1. The Hall–Kier alpha value is -4.26. The van der Waals surface area contributed by atoms with E-state index in [0.717, 1.165) is 39.6 Å². The number of hydrogen-bond acceptors (Lipinski definition) is 7.